The van der Waals surface area contributed by atoms with Gasteiger partial charge in [-0.05, 0) is 32.8 Å². The van der Waals surface area contributed by atoms with E-state index in [1.807, 2.05) is 69.3 Å². The van der Waals surface area contributed by atoms with Crippen LogP contribution in [-0.2, 0) is 13.0 Å². The first kappa shape index (κ1) is 19.5. The zero-order valence-corrected chi connectivity index (χ0v) is 18.0. The number of hydrogen-bond donors (Lipinski definition) is 1. The molecule has 0 radical (unpaired) electrons. The van der Waals surface area contributed by atoms with E-state index < -0.39 is 0 Å². The van der Waals surface area contributed by atoms with Crippen molar-refractivity contribution < 1.29 is 4.79 Å². The Kier molecular flexibility index (Phi) is 4.62. The van der Waals surface area contributed by atoms with Crippen molar-refractivity contribution in [2.75, 3.05) is 5.32 Å². The van der Waals surface area contributed by atoms with Crippen LogP contribution in [0.1, 0.15) is 51.8 Å². The van der Waals surface area contributed by atoms with Crippen molar-refractivity contribution in [2.24, 2.45) is 0 Å². The number of hydrogen-bond acceptors (Lipinski definition) is 4. The van der Waals surface area contributed by atoms with Gasteiger partial charge in [-0.15, -0.1) is 0 Å². The molecule has 5 rings (SSSR count). The van der Waals surface area contributed by atoms with Gasteiger partial charge >= 0.3 is 0 Å². The summed E-state index contributed by atoms with van der Waals surface area (Å²) in [5, 5.41) is 3.35. The molecule has 5 nitrogen and oxygen atoms in total. The van der Waals surface area contributed by atoms with Crippen molar-refractivity contribution in [3.63, 3.8) is 0 Å². The predicted molar refractivity (Wildman–Crippen MR) is 123 cm³/mol. The summed E-state index contributed by atoms with van der Waals surface area (Å²) < 4.78 is 1.76. The van der Waals surface area contributed by atoms with Gasteiger partial charge in [0.05, 0.1) is 11.6 Å². The van der Waals surface area contributed by atoms with Crippen LogP contribution in [0.4, 0.5) is 5.82 Å². The van der Waals surface area contributed by atoms with E-state index in [0.717, 1.165) is 35.4 Å². The number of carbonyl (C=O) groups is 1. The molecule has 0 fully saturated rings. The molecule has 156 valence electrons. The number of aromatic nitrogens is 2. The summed E-state index contributed by atoms with van der Waals surface area (Å²) in [7, 11) is 0. The molecule has 0 saturated heterocycles. The van der Waals surface area contributed by atoms with Crippen LogP contribution in [0.25, 0.3) is 5.57 Å². The lowest BCUT2D eigenvalue weighted by molar-refractivity contribution is 0.103. The molecule has 5 heteroatoms. The number of ketones is 1. The zero-order valence-electron chi connectivity index (χ0n) is 18.0. The lowest BCUT2D eigenvalue weighted by Crippen LogP contribution is -2.35. The SMILES string of the molecule is Cc1ccc(C(=O)C2=C(c3ccc(C)cc3)c3c(nc4n(c3=O)CCC4)NC2C)cc1. The second-order valence-electron chi connectivity index (χ2n) is 8.53. The van der Waals surface area contributed by atoms with Crippen molar-refractivity contribution >= 4 is 17.2 Å². The van der Waals surface area contributed by atoms with Crippen LogP contribution in [0.3, 0.4) is 0 Å². The smallest absolute Gasteiger partial charge is 0.263 e. The highest BCUT2D eigenvalue weighted by molar-refractivity contribution is 6.17. The second-order valence-corrected chi connectivity index (χ2v) is 8.53. The van der Waals surface area contributed by atoms with Crippen LogP contribution < -0.4 is 10.9 Å². The number of carbonyl (C=O) groups excluding carboxylic acids is 1. The molecule has 1 unspecified atom stereocenters. The van der Waals surface area contributed by atoms with Crippen molar-refractivity contribution in [3.8, 4) is 0 Å². The number of Topliss-reactive ketones (excluding diaryl/α,β-unsaturated/α-hetero) is 1. The number of anilines is 1. The molecule has 0 bridgehead atoms. The highest BCUT2D eigenvalue weighted by Crippen LogP contribution is 2.37. The van der Waals surface area contributed by atoms with Crippen LogP contribution >= 0.6 is 0 Å². The van der Waals surface area contributed by atoms with Crippen molar-refractivity contribution in [3.05, 3.63) is 98.1 Å². The quantitative estimate of drug-likeness (QED) is 0.653. The third kappa shape index (κ3) is 3.21. The topological polar surface area (TPSA) is 64.0 Å². The highest BCUT2D eigenvalue weighted by atomic mass is 16.1. The Labute approximate surface area is 181 Å². The Morgan fingerprint density at radius 2 is 1.68 bits per heavy atom. The summed E-state index contributed by atoms with van der Waals surface area (Å²) in [6.45, 7) is 6.66. The number of nitrogens with one attached hydrogen (secondary N) is 1. The normalized spacial score (nSPS) is 17.2. The molecule has 0 amide bonds. The molecule has 3 aromatic rings. The van der Waals surface area contributed by atoms with Crippen LogP contribution in [0.15, 0.2) is 58.9 Å². The molecule has 1 N–H and O–H groups in total. The number of aryl methyl sites for hydroxylation is 3. The molecule has 2 aliphatic rings. The van der Waals surface area contributed by atoms with Crippen molar-refractivity contribution in [1.82, 2.24) is 9.55 Å². The minimum Gasteiger partial charge on any atom is -0.363 e. The number of nitrogens with zero attached hydrogens (tertiary/aromatic N) is 2. The summed E-state index contributed by atoms with van der Waals surface area (Å²) >= 11 is 0. The molecule has 0 spiro atoms. The molecule has 3 heterocycles. The Bertz CT molecular complexity index is 1280. The maximum absolute atomic E-state index is 13.7. The average molecular weight is 412 g/mol. The molecule has 2 aliphatic heterocycles. The van der Waals surface area contributed by atoms with Crippen LogP contribution in [0.5, 0.6) is 0 Å². The van der Waals surface area contributed by atoms with Crippen molar-refractivity contribution in [2.45, 2.75) is 46.2 Å². The second kappa shape index (κ2) is 7.34. The fraction of sp³-hybridized carbons (Fsp3) is 0.269. The van der Waals surface area contributed by atoms with Gasteiger partial charge in [0.15, 0.2) is 5.78 Å². The summed E-state index contributed by atoms with van der Waals surface area (Å²) in [4.78, 5) is 32.0. The lowest BCUT2D eigenvalue weighted by atomic mass is 9.83. The number of rotatable bonds is 3. The summed E-state index contributed by atoms with van der Waals surface area (Å²) in [6, 6.07) is 15.3. The Morgan fingerprint density at radius 1 is 1.03 bits per heavy atom. The molecule has 1 aromatic heterocycles. The summed E-state index contributed by atoms with van der Waals surface area (Å²) in [5.41, 5.74) is 5.46. The lowest BCUT2D eigenvalue weighted by Gasteiger charge is -2.29. The molecule has 0 saturated carbocycles. The maximum atomic E-state index is 13.7. The first-order chi connectivity index (χ1) is 14.9. The van der Waals surface area contributed by atoms with Gasteiger partial charge in [0.25, 0.3) is 5.56 Å². The molecular weight excluding hydrogens is 386 g/mol. The van der Waals surface area contributed by atoms with Gasteiger partial charge in [-0.1, -0.05) is 59.7 Å². The minimum absolute atomic E-state index is 0.0638. The highest BCUT2D eigenvalue weighted by Gasteiger charge is 2.34. The van der Waals surface area contributed by atoms with Gasteiger partial charge in [-0.2, -0.15) is 0 Å². The standard InChI is InChI=1S/C26H25N3O2/c1-15-6-10-18(11-7-15)22-21(24(30)19-12-8-16(2)9-13-19)17(3)27-25-23(22)26(31)29-14-4-5-20(29)28-25/h6-13,17,27H,4-5,14H2,1-3H3. The van der Waals surface area contributed by atoms with E-state index in [0.29, 0.717) is 34.6 Å². The third-order valence-electron chi connectivity index (χ3n) is 6.23. The van der Waals surface area contributed by atoms with Gasteiger partial charge < -0.3 is 5.32 Å². The van der Waals surface area contributed by atoms with Gasteiger partial charge in [0.2, 0.25) is 0 Å². The molecule has 2 aromatic carbocycles. The Balaban J connectivity index is 1.81. The fourth-order valence-electron chi connectivity index (χ4n) is 4.56. The Hall–Kier alpha value is -3.47. The largest absolute Gasteiger partial charge is 0.363 e. The summed E-state index contributed by atoms with van der Waals surface area (Å²) in [5.74, 6) is 1.34. The minimum atomic E-state index is -0.269. The van der Waals surface area contributed by atoms with Gasteiger partial charge in [0.1, 0.15) is 11.6 Å². The fourth-order valence-corrected chi connectivity index (χ4v) is 4.56. The van der Waals surface area contributed by atoms with Gasteiger partial charge in [-0.3, -0.25) is 14.2 Å². The first-order valence-corrected chi connectivity index (χ1v) is 10.8. The van der Waals surface area contributed by atoms with E-state index in [1.165, 1.54) is 0 Å². The molecular formula is C26H25N3O2. The predicted octanol–water partition coefficient (Wildman–Crippen LogP) is 4.31. The van der Waals surface area contributed by atoms with Crippen LogP contribution in [0.2, 0.25) is 0 Å². The first-order valence-electron chi connectivity index (χ1n) is 10.8. The maximum Gasteiger partial charge on any atom is 0.263 e. The third-order valence-corrected chi connectivity index (χ3v) is 6.23. The van der Waals surface area contributed by atoms with Crippen LogP contribution in [-0.4, -0.2) is 21.4 Å². The molecule has 31 heavy (non-hydrogen) atoms. The van der Waals surface area contributed by atoms with E-state index in [4.69, 9.17) is 4.98 Å². The average Bonchev–Trinajstić information content (AvgIpc) is 3.22. The van der Waals surface area contributed by atoms with Gasteiger partial charge in [-0.25, -0.2) is 4.98 Å². The number of fused-ring (bicyclic) bond motifs is 2. The van der Waals surface area contributed by atoms with E-state index in [-0.39, 0.29) is 17.4 Å². The van der Waals surface area contributed by atoms with E-state index in [1.54, 1.807) is 4.57 Å². The number of benzene rings is 2. The van der Waals surface area contributed by atoms with Gasteiger partial charge in [0, 0.05) is 29.7 Å². The van der Waals surface area contributed by atoms with E-state index >= 15 is 0 Å². The Morgan fingerprint density at radius 3 is 2.35 bits per heavy atom. The molecule has 0 aliphatic carbocycles. The zero-order chi connectivity index (χ0) is 21.7. The van der Waals surface area contributed by atoms with E-state index in [2.05, 4.69) is 5.32 Å². The summed E-state index contributed by atoms with van der Waals surface area (Å²) in [6.07, 6.45) is 1.72. The van der Waals surface area contributed by atoms with Crippen molar-refractivity contribution in [1.29, 1.82) is 0 Å². The van der Waals surface area contributed by atoms with E-state index in [9.17, 15) is 9.59 Å². The molecule has 1 atom stereocenters. The van der Waals surface area contributed by atoms with Crippen LogP contribution in [0, 0.1) is 13.8 Å². The monoisotopic (exact) mass is 411 g/mol.